The molecule has 1 atom stereocenters. The summed E-state index contributed by atoms with van der Waals surface area (Å²) in [6, 6.07) is 13.7. The molecule has 0 unspecified atom stereocenters. The summed E-state index contributed by atoms with van der Waals surface area (Å²) < 4.78 is 11.9. The maximum absolute atomic E-state index is 10.8. The van der Waals surface area contributed by atoms with Gasteiger partial charge in [-0.25, -0.2) is 0 Å². The summed E-state index contributed by atoms with van der Waals surface area (Å²) in [5.41, 5.74) is 3.40. The summed E-state index contributed by atoms with van der Waals surface area (Å²) in [7, 11) is 1.72. The predicted octanol–water partition coefficient (Wildman–Crippen LogP) is 3.95. The number of nitrogens with one attached hydrogen (secondary N) is 1. The van der Waals surface area contributed by atoms with Crippen molar-refractivity contribution in [1.82, 2.24) is 20.2 Å². The van der Waals surface area contributed by atoms with E-state index in [0.29, 0.717) is 25.2 Å². The van der Waals surface area contributed by atoms with Gasteiger partial charge in [0.15, 0.2) is 0 Å². The number of aromatic nitrogens is 2. The molecule has 3 aliphatic heterocycles. The van der Waals surface area contributed by atoms with Crippen LogP contribution in [0, 0.1) is 0 Å². The number of carbonyl (C=O) groups excluding carboxylic acids is 1. The summed E-state index contributed by atoms with van der Waals surface area (Å²) in [6.45, 7) is 6.60. The SMILES string of the molecule is COc1cc(N2CCc3c(nc(OCC[C@H]4CCCCN4)nc3N3CCN(C=CC=O)CC3)C2)c2ccccc2c1. The number of allylic oxidation sites excluding steroid dienone is 1. The number of hydrogen-bond donors (Lipinski definition) is 1. The molecule has 3 aromatic rings. The Morgan fingerprint density at radius 1 is 1.05 bits per heavy atom. The van der Waals surface area contributed by atoms with Gasteiger partial charge in [-0.3, -0.25) is 4.79 Å². The highest BCUT2D eigenvalue weighted by Crippen LogP contribution is 2.36. The Balaban J connectivity index is 1.27. The van der Waals surface area contributed by atoms with Crippen LogP contribution in [-0.2, 0) is 17.8 Å². The van der Waals surface area contributed by atoms with Crippen molar-refractivity contribution < 1.29 is 14.3 Å². The van der Waals surface area contributed by atoms with Gasteiger partial charge >= 0.3 is 6.01 Å². The molecule has 0 aliphatic carbocycles. The van der Waals surface area contributed by atoms with Gasteiger partial charge in [-0.1, -0.05) is 30.7 Å². The quantitative estimate of drug-likeness (QED) is 0.311. The lowest BCUT2D eigenvalue weighted by Crippen LogP contribution is -2.45. The molecule has 9 nitrogen and oxygen atoms in total. The minimum absolute atomic E-state index is 0.468. The molecule has 4 heterocycles. The maximum atomic E-state index is 10.8. The van der Waals surface area contributed by atoms with Crippen LogP contribution in [0.4, 0.5) is 11.5 Å². The number of rotatable bonds is 9. The zero-order valence-electron chi connectivity index (χ0n) is 23.9. The number of hydrogen-bond acceptors (Lipinski definition) is 9. The molecule has 0 bridgehead atoms. The van der Waals surface area contributed by atoms with Crippen molar-refractivity contribution in [3.05, 3.63) is 59.9 Å². The summed E-state index contributed by atoms with van der Waals surface area (Å²) in [6.07, 6.45) is 9.82. The molecular weight excluding hydrogens is 516 g/mol. The van der Waals surface area contributed by atoms with Gasteiger partial charge in [0.2, 0.25) is 0 Å². The Bertz CT molecular complexity index is 1380. The van der Waals surface area contributed by atoms with Crippen LogP contribution >= 0.6 is 0 Å². The first-order chi connectivity index (χ1) is 20.2. The van der Waals surface area contributed by atoms with E-state index in [1.165, 1.54) is 30.2 Å². The second-order valence-corrected chi connectivity index (χ2v) is 11.1. The van der Waals surface area contributed by atoms with E-state index in [4.69, 9.17) is 19.4 Å². The van der Waals surface area contributed by atoms with Gasteiger partial charge in [0, 0.05) is 67.7 Å². The minimum atomic E-state index is 0.468. The molecule has 1 N–H and O–H groups in total. The molecule has 9 heteroatoms. The number of piperazine rings is 1. The van der Waals surface area contributed by atoms with Crippen molar-refractivity contribution in [1.29, 1.82) is 0 Å². The highest BCUT2D eigenvalue weighted by atomic mass is 16.5. The Morgan fingerprint density at radius 2 is 1.93 bits per heavy atom. The molecule has 0 spiro atoms. The molecule has 0 radical (unpaired) electrons. The van der Waals surface area contributed by atoms with Gasteiger partial charge in [0.25, 0.3) is 0 Å². The first-order valence-corrected chi connectivity index (χ1v) is 14.9. The van der Waals surface area contributed by atoms with E-state index in [9.17, 15) is 4.79 Å². The van der Waals surface area contributed by atoms with E-state index >= 15 is 0 Å². The van der Waals surface area contributed by atoms with E-state index in [-0.39, 0.29) is 0 Å². The maximum Gasteiger partial charge on any atom is 0.318 e. The van der Waals surface area contributed by atoms with E-state index < -0.39 is 0 Å². The Kier molecular flexibility index (Phi) is 8.51. The zero-order valence-corrected chi connectivity index (χ0v) is 23.9. The summed E-state index contributed by atoms with van der Waals surface area (Å²) in [5.74, 6) is 1.85. The van der Waals surface area contributed by atoms with Gasteiger partial charge in [0.1, 0.15) is 17.9 Å². The van der Waals surface area contributed by atoms with Crippen LogP contribution in [0.1, 0.15) is 36.9 Å². The molecule has 216 valence electrons. The lowest BCUT2D eigenvalue weighted by Gasteiger charge is -2.38. The van der Waals surface area contributed by atoms with Crippen LogP contribution in [-0.4, -0.2) is 80.2 Å². The van der Waals surface area contributed by atoms with Gasteiger partial charge in [0.05, 0.1) is 26.0 Å². The average Bonchev–Trinajstić information content (AvgIpc) is 3.03. The van der Waals surface area contributed by atoms with Crippen molar-refractivity contribution >= 4 is 28.6 Å². The van der Waals surface area contributed by atoms with Crippen molar-refractivity contribution in [2.24, 2.45) is 0 Å². The van der Waals surface area contributed by atoms with Crippen LogP contribution in [0.5, 0.6) is 11.8 Å². The van der Waals surface area contributed by atoms with Crippen molar-refractivity contribution in [3.8, 4) is 11.8 Å². The topological polar surface area (TPSA) is 83.1 Å². The standard InChI is InChI=1S/C32H40N6O3/c1-40-26-21-24-7-2-3-9-27(24)30(22-26)38-14-10-28-29(23-38)34-32(41-20-11-25-8-4-5-12-33-25)35-31(28)37-17-15-36(16-18-37)13-6-19-39/h2-3,6-7,9,13,19,21-22,25,33H,4-5,8,10-12,14-18,20,23H2,1H3/t25-/m1/s1. The molecule has 2 fully saturated rings. The summed E-state index contributed by atoms with van der Waals surface area (Å²) >= 11 is 0. The third-order valence-electron chi connectivity index (χ3n) is 8.51. The van der Waals surface area contributed by atoms with Crippen molar-refractivity contribution in [2.75, 3.05) is 62.8 Å². The number of anilines is 2. The normalized spacial score (nSPS) is 19.4. The second kappa shape index (κ2) is 12.8. The number of nitrogens with zero attached hydrogens (tertiary/aromatic N) is 5. The van der Waals surface area contributed by atoms with Gasteiger partial charge in [-0.15, -0.1) is 0 Å². The van der Waals surface area contributed by atoms with E-state index in [1.807, 2.05) is 6.20 Å². The van der Waals surface area contributed by atoms with Crippen LogP contribution in [0.25, 0.3) is 10.8 Å². The smallest absolute Gasteiger partial charge is 0.318 e. The lowest BCUT2D eigenvalue weighted by atomic mass is 10.0. The Hall–Kier alpha value is -3.85. The third-order valence-corrected chi connectivity index (χ3v) is 8.51. The number of fused-ring (bicyclic) bond motifs is 2. The predicted molar refractivity (Wildman–Crippen MR) is 162 cm³/mol. The van der Waals surface area contributed by atoms with Gasteiger partial charge in [-0.05, 0) is 49.8 Å². The lowest BCUT2D eigenvalue weighted by molar-refractivity contribution is -0.104. The average molecular weight is 557 g/mol. The minimum Gasteiger partial charge on any atom is -0.497 e. The molecule has 0 amide bonds. The molecule has 0 saturated carbocycles. The Labute approximate surface area is 242 Å². The monoisotopic (exact) mass is 556 g/mol. The zero-order chi connectivity index (χ0) is 28.0. The molecule has 41 heavy (non-hydrogen) atoms. The van der Waals surface area contributed by atoms with Crippen LogP contribution in [0.3, 0.4) is 0 Å². The molecule has 2 saturated heterocycles. The largest absolute Gasteiger partial charge is 0.497 e. The van der Waals surface area contributed by atoms with Gasteiger partial charge in [-0.2, -0.15) is 9.97 Å². The molecular formula is C32H40N6O3. The number of piperidine rings is 1. The van der Waals surface area contributed by atoms with Gasteiger partial charge < -0.3 is 29.5 Å². The first kappa shape index (κ1) is 27.3. The summed E-state index contributed by atoms with van der Waals surface area (Å²) in [4.78, 5) is 27.7. The van der Waals surface area contributed by atoms with Crippen molar-refractivity contribution in [2.45, 2.75) is 44.7 Å². The Morgan fingerprint density at radius 3 is 2.73 bits per heavy atom. The van der Waals surface area contributed by atoms with Crippen LogP contribution in [0.2, 0.25) is 0 Å². The van der Waals surface area contributed by atoms with E-state index in [0.717, 1.165) is 86.7 Å². The fourth-order valence-electron chi connectivity index (χ4n) is 6.27. The third kappa shape index (κ3) is 6.25. The number of aldehydes is 1. The molecule has 6 rings (SSSR count). The van der Waals surface area contributed by atoms with Crippen molar-refractivity contribution in [3.63, 3.8) is 0 Å². The number of carbonyl (C=O) groups is 1. The highest BCUT2D eigenvalue weighted by molar-refractivity contribution is 5.95. The first-order valence-electron chi connectivity index (χ1n) is 14.9. The molecule has 1 aromatic heterocycles. The van der Waals surface area contributed by atoms with Crippen LogP contribution < -0.4 is 24.6 Å². The van der Waals surface area contributed by atoms with E-state index in [2.05, 4.69) is 56.4 Å². The van der Waals surface area contributed by atoms with E-state index in [1.54, 1.807) is 13.2 Å². The number of ether oxygens (including phenoxy) is 2. The number of methoxy groups -OCH3 is 1. The fraction of sp³-hybridized carbons (Fsp3) is 0.469. The fourth-order valence-corrected chi connectivity index (χ4v) is 6.27. The molecule has 3 aliphatic rings. The summed E-state index contributed by atoms with van der Waals surface area (Å²) in [5, 5.41) is 5.98. The van der Waals surface area contributed by atoms with Crippen LogP contribution in [0.15, 0.2) is 48.7 Å². The molecule has 2 aromatic carbocycles. The second-order valence-electron chi connectivity index (χ2n) is 11.1. The highest BCUT2D eigenvalue weighted by Gasteiger charge is 2.28. The number of benzene rings is 2.